The SMILES string of the molecule is CCC(=O)N(c1ccccc1)C1CC[NH+](C(C)Cc2cccs2)CC1. The average molecular weight is 358 g/mol. The summed E-state index contributed by atoms with van der Waals surface area (Å²) in [6.07, 6.45) is 3.90. The van der Waals surface area contributed by atoms with Crippen molar-refractivity contribution in [3.8, 4) is 0 Å². The normalized spacial score (nSPS) is 21.7. The van der Waals surface area contributed by atoms with Gasteiger partial charge >= 0.3 is 0 Å². The molecule has 1 fully saturated rings. The number of thiophene rings is 1. The number of likely N-dealkylation sites (tertiary alicyclic amines) is 1. The molecule has 0 aliphatic carbocycles. The Morgan fingerprint density at radius 1 is 1.20 bits per heavy atom. The van der Waals surface area contributed by atoms with Crippen molar-refractivity contribution >= 4 is 22.9 Å². The van der Waals surface area contributed by atoms with Crippen LogP contribution in [0, 0.1) is 0 Å². The van der Waals surface area contributed by atoms with Crippen LogP contribution in [0.1, 0.15) is 38.0 Å². The highest BCUT2D eigenvalue weighted by atomic mass is 32.1. The molecule has 0 spiro atoms. The zero-order chi connectivity index (χ0) is 17.6. The molecule has 1 aromatic heterocycles. The standard InChI is InChI=1S/C21H28N2OS/c1-3-21(24)23(18-8-5-4-6-9-18)19-11-13-22(14-12-19)17(2)16-20-10-7-15-25-20/h4-10,15,17,19H,3,11-14,16H2,1-2H3/p+1. The van der Waals surface area contributed by atoms with Gasteiger partial charge in [0, 0.05) is 42.3 Å². The lowest BCUT2D eigenvalue weighted by Crippen LogP contribution is -3.16. The molecule has 2 aromatic rings. The van der Waals surface area contributed by atoms with E-state index in [2.05, 4.69) is 41.5 Å². The number of nitrogens with zero attached hydrogens (tertiary/aromatic N) is 1. The first-order chi connectivity index (χ1) is 12.2. The number of anilines is 1. The molecule has 25 heavy (non-hydrogen) atoms. The highest BCUT2D eigenvalue weighted by Crippen LogP contribution is 2.22. The number of rotatable bonds is 6. The molecule has 0 radical (unpaired) electrons. The van der Waals surface area contributed by atoms with Gasteiger partial charge in [-0.1, -0.05) is 31.2 Å². The molecule has 1 amide bonds. The van der Waals surface area contributed by atoms with Crippen LogP contribution in [0.25, 0.3) is 0 Å². The zero-order valence-corrected chi connectivity index (χ0v) is 16.1. The second kappa shape index (κ2) is 8.63. The molecule has 2 heterocycles. The van der Waals surface area contributed by atoms with E-state index in [0.29, 0.717) is 18.5 Å². The van der Waals surface area contributed by atoms with Crippen LogP contribution in [-0.4, -0.2) is 31.1 Å². The summed E-state index contributed by atoms with van der Waals surface area (Å²) in [6, 6.07) is 15.5. The molecule has 1 saturated heterocycles. The maximum Gasteiger partial charge on any atom is 0.226 e. The Morgan fingerprint density at radius 2 is 1.92 bits per heavy atom. The Hall–Kier alpha value is -1.65. The Kier molecular flexibility index (Phi) is 6.27. The van der Waals surface area contributed by atoms with E-state index in [1.54, 1.807) is 4.90 Å². The quantitative estimate of drug-likeness (QED) is 0.844. The largest absolute Gasteiger partial charge is 0.332 e. The lowest BCUT2D eigenvalue weighted by atomic mass is 9.99. The third-order valence-electron chi connectivity index (χ3n) is 5.35. The minimum absolute atomic E-state index is 0.242. The van der Waals surface area contributed by atoms with Gasteiger partial charge in [0.2, 0.25) is 5.91 Å². The van der Waals surface area contributed by atoms with E-state index >= 15 is 0 Å². The van der Waals surface area contributed by atoms with Crippen molar-refractivity contribution in [2.24, 2.45) is 0 Å². The van der Waals surface area contributed by atoms with E-state index in [1.165, 1.54) is 4.88 Å². The highest BCUT2D eigenvalue weighted by Gasteiger charge is 2.32. The summed E-state index contributed by atoms with van der Waals surface area (Å²) in [7, 11) is 0. The number of quaternary nitrogens is 1. The first-order valence-electron chi connectivity index (χ1n) is 9.43. The van der Waals surface area contributed by atoms with Crippen molar-refractivity contribution < 1.29 is 9.69 Å². The number of amides is 1. The molecule has 134 valence electrons. The molecule has 4 heteroatoms. The minimum atomic E-state index is 0.242. The third-order valence-corrected chi connectivity index (χ3v) is 6.25. The van der Waals surface area contributed by atoms with Gasteiger partial charge in [0.05, 0.1) is 19.1 Å². The molecule has 0 saturated carbocycles. The number of nitrogens with one attached hydrogen (secondary N) is 1. The number of carbonyl (C=O) groups excluding carboxylic acids is 1. The number of hydrogen-bond donors (Lipinski definition) is 1. The Labute approximate surface area is 155 Å². The predicted octanol–water partition coefficient (Wildman–Crippen LogP) is 3.17. The second-order valence-corrected chi connectivity index (χ2v) is 8.06. The molecule has 1 unspecified atom stereocenters. The maximum absolute atomic E-state index is 12.6. The summed E-state index contributed by atoms with van der Waals surface area (Å²) in [5.74, 6) is 0.242. The average Bonchev–Trinajstić information content (AvgIpc) is 3.16. The van der Waals surface area contributed by atoms with E-state index < -0.39 is 0 Å². The van der Waals surface area contributed by atoms with Gasteiger partial charge in [0.1, 0.15) is 0 Å². The van der Waals surface area contributed by atoms with E-state index in [1.807, 2.05) is 36.5 Å². The summed E-state index contributed by atoms with van der Waals surface area (Å²) in [5, 5.41) is 2.16. The van der Waals surface area contributed by atoms with Gasteiger partial charge in [0.15, 0.2) is 0 Å². The van der Waals surface area contributed by atoms with Gasteiger partial charge in [-0.25, -0.2) is 0 Å². The molecular formula is C21H29N2OS+. The van der Waals surface area contributed by atoms with Crippen LogP contribution in [0.15, 0.2) is 47.8 Å². The number of benzene rings is 1. The zero-order valence-electron chi connectivity index (χ0n) is 15.3. The van der Waals surface area contributed by atoms with Crippen molar-refractivity contribution in [2.75, 3.05) is 18.0 Å². The summed E-state index contributed by atoms with van der Waals surface area (Å²) < 4.78 is 0. The van der Waals surface area contributed by atoms with Gasteiger partial charge in [-0.15, -0.1) is 11.3 Å². The molecule has 3 nitrogen and oxygen atoms in total. The predicted molar refractivity (Wildman–Crippen MR) is 105 cm³/mol. The van der Waals surface area contributed by atoms with Crippen LogP contribution in [0.5, 0.6) is 0 Å². The maximum atomic E-state index is 12.6. The molecule has 1 aromatic carbocycles. The fourth-order valence-corrected chi connectivity index (χ4v) is 4.75. The van der Waals surface area contributed by atoms with E-state index in [0.717, 1.165) is 38.0 Å². The molecule has 1 aliphatic heterocycles. The number of carbonyl (C=O) groups is 1. The Balaban J connectivity index is 1.62. The number of hydrogen-bond acceptors (Lipinski definition) is 2. The van der Waals surface area contributed by atoms with E-state index in [4.69, 9.17) is 0 Å². The van der Waals surface area contributed by atoms with Crippen LogP contribution >= 0.6 is 11.3 Å². The van der Waals surface area contributed by atoms with Crippen LogP contribution in [0.4, 0.5) is 5.69 Å². The van der Waals surface area contributed by atoms with E-state index in [9.17, 15) is 4.79 Å². The van der Waals surface area contributed by atoms with Gasteiger partial charge < -0.3 is 9.80 Å². The summed E-state index contributed by atoms with van der Waals surface area (Å²) >= 11 is 1.86. The third kappa shape index (κ3) is 4.50. The molecular weight excluding hydrogens is 328 g/mol. The molecule has 1 aliphatic rings. The van der Waals surface area contributed by atoms with Gasteiger partial charge in [0.25, 0.3) is 0 Å². The van der Waals surface area contributed by atoms with Crippen molar-refractivity contribution in [2.45, 2.75) is 51.6 Å². The fraction of sp³-hybridized carbons (Fsp3) is 0.476. The van der Waals surface area contributed by atoms with Crippen LogP contribution in [0.2, 0.25) is 0 Å². The first kappa shape index (κ1) is 18.2. The van der Waals surface area contributed by atoms with Crippen LogP contribution in [-0.2, 0) is 11.2 Å². The second-order valence-electron chi connectivity index (χ2n) is 7.03. The smallest absolute Gasteiger partial charge is 0.226 e. The minimum Gasteiger partial charge on any atom is -0.332 e. The van der Waals surface area contributed by atoms with Crippen molar-refractivity contribution in [3.63, 3.8) is 0 Å². The van der Waals surface area contributed by atoms with E-state index in [-0.39, 0.29) is 5.91 Å². The fourth-order valence-electron chi connectivity index (χ4n) is 3.92. The van der Waals surface area contributed by atoms with Gasteiger partial charge in [-0.3, -0.25) is 4.79 Å². The summed E-state index contributed by atoms with van der Waals surface area (Å²) in [6.45, 7) is 6.62. The Bertz CT molecular complexity index is 648. The Morgan fingerprint density at radius 3 is 2.52 bits per heavy atom. The molecule has 1 N–H and O–H groups in total. The lowest BCUT2D eigenvalue weighted by Gasteiger charge is -2.38. The number of para-hydroxylation sites is 1. The van der Waals surface area contributed by atoms with Crippen molar-refractivity contribution in [1.82, 2.24) is 0 Å². The highest BCUT2D eigenvalue weighted by molar-refractivity contribution is 7.09. The van der Waals surface area contributed by atoms with Crippen molar-refractivity contribution in [3.05, 3.63) is 52.7 Å². The topological polar surface area (TPSA) is 24.8 Å². The first-order valence-corrected chi connectivity index (χ1v) is 10.3. The molecule has 1 atom stereocenters. The molecule has 0 bridgehead atoms. The lowest BCUT2D eigenvalue weighted by molar-refractivity contribution is -0.928. The summed E-state index contributed by atoms with van der Waals surface area (Å²) in [5.41, 5.74) is 1.05. The summed E-state index contributed by atoms with van der Waals surface area (Å²) in [4.78, 5) is 17.8. The monoisotopic (exact) mass is 357 g/mol. The van der Waals surface area contributed by atoms with Crippen LogP contribution < -0.4 is 9.80 Å². The van der Waals surface area contributed by atoms with Crippen LogP contribution in [0.3, 0.4) is 0 Å². The van der Waals surface area contributed by atoms with Crippen molar-refractivity contribution in [1.29, 1.82) is 0 Å². The van der Waals surface area contributed by atoms with Gasteiger partial charge in [-0.2, -0.15) is 0 Å². The molecule has 3 rings (SSSR count). The van der Waals surface area contributed by atoms with Gasteiger partial charge in [-0.05, 0) is 30.5 Å². The number of piperidine rings is 1.